The first-order valence-electron chi connectivity index (χ1n) is 6.07. The van der Waals surface area contributed by atoms with E-state index in [-0.39, 0.29) is 12.5 Å². The predicted molar refractivity (Wildman–Crippen MR) is 67.5 cm³/mol. The van der Waals surface area contributed by atoms with E-state index in [9.17, 15) is 5.11 Å². The molecule has 9 nitrogen and oxygen atoms in total. The lowest BCUT2D eigenvalue weighted by molar-refractivity contribution is -0.162. The van der Waals surface area contributed by atoms with Gasteiger partial charge in [-0.15, -0.1) is 0 Å². The molecule has 3 atom stereocenters. The van der Waals surface area contributed by atoms with Gasteiger partial charge in [0.2, 0.25) is 0 Å². The highest BCUT2D eigenvalue weighted by Gasteiger charge is 2.38. The molecule has 0 fully saturated rings. The molecule has 0 saturated carbocycles. The van der Waals surface area contributed by atoms with Gasteiger partial charge in [0.25, 0.3) is 0 Å². The van der Waals surface area contributed by atoms with Gasteiger partial charge in [0, 0.05) is 7.11 Å². The molecule has 20 heavy (non-hydrogen) atoms. The zero-order valence-electron chi connectivity index (χ0n) is 10.8. The zero-order valence-corrected chi connectivity index (χ0v) is 10.8. The van der Waals surface area contributed by atoms with Gasteiger partial charge in [-0.1, -0.05) is 0 Å². The topological polar surface area (TPSA) is 129 Å². The van der Waals surface area contributed by atoms with Crippen LogP contribution in [0.25, 0.3) is 11.2 Å². The average molecular weight is 281 g/mol. The van der Waals surface area contributed by atoms with E-state index in [2.05, 4.69) is 15.0 Å². The largest absolute Gasteiger partial charge is 0.394 e. The maximum Gasteiger partial charge on any atom is 0.167 e. The number of fused-ring (bicyclic) bond motifs is 3. The molecule has 0 aliphatic carbocycles. The number of rotatable bonds is 3. The van der Waals surface area contributed by atoms with Gasteiger partial charge < -0.3 is 25.4 Å². The molecule has 1 aliphatic rings. The molecule has 2 aromatic rings. The van der Waals surface area contributed by atoms with E-state index in [1.165, 1.54) is 13.4 Å². The summed E-state index contributed by atoms with van der Waals surface area (Å²) in [4.78, 5) is 12.4. The monoisotopic (exact) mass is 281 g/mol. The van der Waals surface area contributed by atoms with Crippen molar-refractivity contribution >= 4 is 17.0 Å². The van der Waals surface area contributed by atoms with Crippen LogP contribution in [0.3, 0.4) is 0 Å². The molecule has 9 heteroatoms. The number of aliphatic hydroxyl groups excluding tert-OH is 2. The third-order valence-corrected chi connectivity index (χ3v) is 3.36. The van der Waals surface area contributed by atoms with E-state index in [1.807, 2.05) is 0 Å². The molecule has 3 rings (SSSR count). The van der Waals surface area contributed by atoms with E-state index in [1.54, 1.807) is 4.57 Å². The maximum absolute atomic E-state index is 9.79. The van der Waals surface area contributed by atoms with Gasteiger partial charge in [-0.3, -0.25) is 4.57 Å². The summed E-state index contributed by atoms with van der Waals surface area (Å²) in [5.41, 5.74) is 6.79. The Kier molecular flexibility index (Phi) is 3.26. The summed E-state index contributed by atoms with van der Waals surface area (Å²) in [6.45, 7) is -0.281. The number of anilines is 1. The van der Waals surface area contributed by atoms with Crippen molar-refractivity contribution in [3.8, 4) is 0 Å². The Morgan fingerprint density at radius 2 is 2.40 bits per heavy atom. The van der Waals surface area contributed by atoms with Crippen LogP contribution in [0.1, 0.15) is 11.9 Å². The van der Waals surface area contributed by atoms with Crippen molar-refractivity contribution in [1.82, 2.24) is 19.5 Å². The van der Waals surface area contributed by atoms with E-state index in [4.69, 9.17) is 20.3 Å². The standard InChI is InChI=1S/C11H15N5O4/c1-19-8-7(5(18)2-17)20-4-16-10-6(15-11(8)16)9(12)13-3-14-10/h3,5,7-8,17-18H,2,4H2,1H3,(H2,12,13,14). The molecule has 0 radical (unpaired) electrons. The van der Waals surface area contributed by atoms with Crippen LogP contribution in [0, 0.1) is 0 Å². The fourth-order valence-corrected chi connectivity index (χ4v) is 2.37. The van der Waals surface area contributed by atoms with Crippen LogP contribution in [0.15, 0.2) is 6.33 Å². The van der Waals surface area contributed by atoms with Crippen molar-refractivity contribution in [2.45, 2.75) is 25.0 Å². The number of nitrogens with two attached hydrogens (primary N) is 1. The van der Waals surface area contributed by atoms with Gasteiger partial charge in [0.1, 0.15) is 37.2 Å². The van der Waals surface area contributed by atoms with Gasteiger partial charge in [0.15, 0.2) is 17.0 Å². The molecule has 0 amide bonds. The van der Waals surface area contributed by atoms with E-state index in [0.717, 1.165) is 0 Å². The molecule has 2 aromatic heterocycles. The van der Waals surface area contributed by atoms with E-state index in [0.29, 0.717) is 17.0 Å². The molecule has 3 heterocycles. The highest BCUT2D eigenvalue weighted by Crippen LogP contribution is 2.32. The Bertz CT molecular complexity index is 631. The van der Waals surface area contributed by atoms with Gasteiger partial charge in [-0.05, 0) is 0 Å². The van der Waals surface area contributed by atoms with Crippen LogP contribution in [-0.2, 0) is 16.2 Å². The van der Waals surface area contributed by atoms with Crippen LogP contribution in [-0.4, -0.2) is 55.7 Å². The number of ether oxygens (including phenoxy) is 2. The number of imidazole rings is 1. The normalized spacial score (nSPS) is 23.8. The van der Waals surface area contributed by atoms with Gasteiger partial charge in [-0.2, -0.15) is 0 Å². The summed E-state index contributed by atoms with van der Waals surface area (Å²) in [6, 6.07) is 0. The van der Waals surface area contributed by atoms with Crippen LogP contribution < -0.4 is 5.73 Å². The Hall–Kier alpha value is -1.81. The fourth-order valence-electron chi connectivity index (χ4n) is 2.37. The Morgan fingerprint density at radius 1 is 1.60 bits per heavy atom. The second-order valence-electron chi connectivity index (χ2n) is 4.50. The molecule has 0 aromatic carbocycles. The minimum Gasteiger partial charge on any atom is -0.394 e. The van der Waals surface area contributed by atoms with Gasteiger partial charge in [-0.25, -0.2) is 15.0 Å². The van der Waals surface area contributed by atoms with Crippen molar-refractivity contribution in [1.29, 1.82) is 0 Å². The van der Waals surface area contributed by atoms with Crippen LogP contribution >= 0.6 is 0 Å². The molecule has 0 bridgehead atoms. The third kappa shape index (κ3) is 1.83. The third-order valence-electron chi connectivity index (χ3n) is 3.36. The molecule has 0 saturated heterocycles. The van der Waals surface area contributed by atoms with Crippen molar-refractivity contribution in [3.63, 3.8) is 0 Å². The summed E-state index contributed by atoms with van der Waals surface area (Å²) in [7, 11) is 1.48. The first-order valence-corrected chi connectivity index (χ1v) is 6.07. The van der Waals surface area contributed by atoms with Crippen LogP contribution in [0.4, 0.5) is 5.82 Å². The Morgan fingerprint density at radius 3 is 3.10 bits per heavy atom. The minimum atomic E-state index is -1.06. The lowest BCUT2D eigenvalue weighted by atomic mass is 10.1. The highest BCUT2D eigenvalue weighted by molar-refractivity contribution is 5.81. The van der Waals surface area contributed by atoms with Crippen LogP contribution in [0.2, 0.25) is 0 Å². The molecule has 0 spiro atoms. The molecule has 1 aliphatic heterocycles. The molecule has 108 valence electrons. The lowest BCUT2D eigenvalue weighted by Gasteiger charge is -2.33. The predicted octanol–water partition coefficient (Wildman–Crippen LogP) is -1.19. The number of nitrogens with zero attached hydrogens (tertiary/aromatic N) is 4. The summed E-state index contributed by atoms with van der Waals surface area (Å²) in [5, 5.41) is 18.9. The second-order valence-corrected chi connectivity index (χ2v) is 4.50. The lowest BCUT2D eigenvalue weighted by Crippen LogP contribution is -2.42. The van der Waals surface area contributed by atoms with Gasteiger partial charge >= 0.3 is 0 Å². The minimum absolute atomic E-state index is 0.143. The number of aliphatic hydroxyl groups is 2. The van der Waals surface area contributed by atoms with Gasteiger partial charge in [0.05, 0.1) is 6.61 Å². The summed E-state index contributed by atoms with van der Waals surface area (Å²) in [5.74, 6) is 0.810. The van der Waals surface area contributed by atoms with Crippen molar-refractivity contribution < 1.29 is 19.7 Å². The summed E-state index contributed by atoms with van der Waals surface area (Å²) in [6.07, 6.45) is -1.04. The summed E-state index contributed by atoms with van der Waals surface area (Å²) >= 11 is 0. The van der Waals surface area contributed by atoms with E-state index >= 15 is 0 Å². The van der Waals surface area contributed by atoms with Crippen molar-refractivity contribution in [2.24, 2.45) is 0 Å². The maximum atomic E-state index is 9.79. The van der Waals surface area contributed by atoms with Crippen LogP contribution in [0.5, 0.6) is 0 Å². The average Bonchev–Trinajstić information content (AvgIpc) is 2.85. The molecular weight excluding hydrogens is 266 g/mol. The number of aromatic nitrogens is 4. The molecule has 4 N–H and O–H groups in total. The first kappa shape index (κ1) is 13.2. The number of hydrogen-bond donors (Lipinski definition) is 3. The molecule has 3 unspecified atom stereocenters. The second kappa shape index (κ2) is 4.94. The quantitative estimate of drug-likeness (QED) is 0.640. The number of methoxy groups -OCH3 is 1. The number of nitrogen functional groups attached to an aromatic ring is 1. The van der Waals surface area contributed by atoms with E-state index < -0.39 is 24.9 Å². The van der Waals surface area contributed by atoms with Crippen molar-refractivity contribution in [2.75, 3.05) is 19.5 Å². The highest BCUT2D eigenvalue weighted by atomic mass is 16.6. The molecular formula is C11H15N5O4. The smallest absolute Gasteiger partial charge is 0.167 e. The fraction of sp³-hybridized carbons (Fsp3) is 0.545. The summed E-state index contributed by atoms with van der Waals surface area (Å²) < 4.78 is 12.6. The van der Waals surface area contributed by atoms with Crippen molar-refractivity contribution in [3.05, 3.63) is 12.2 Å². The number of hydrogen-bond acceptors (Lipinski definition) is 8. The SMILES string of the molecule is COC1c2nc3c(N)ncnc3n2COC1C(O)CO. The first-order chi connectivity index (χ1) is 9.67. The zero-order chi connectivity index (χ0) is 14.3. The Labute approximate surface area is 114 Å². The Balaban J connectivity index is 2.12.